The zero-order valence-electron chi connectivity index (χ0n) is 17.7. The van der Waals surface area contributed by atoms with E-state index in [1.54, 1.807) is 25.3 Å². The topological polar surface area (TPSA) is 92.7 Å². The maximum atomic E-state index is 12.8. The molecule has 0 unspecified atom stereocenters. The molecule has 0 atom stereocenters. The van der Waals surface area contributed by atoms with Crippen molar-refractivity contribution in [3.63, 3.8) is 0 Å². The van der Waals surface area contributed by atoms with Crippen LogP contribution in [0.1, 0.15) is 11.3 Å². The Morgan fingerprint density at radius 2 is 1.81 bits per heavy atom. The zero-order valence-corrected chi connectivity index (χ0v) is 17.7. The van der Waals surface area contributed by atoms with Crippen molar-refractivity contribution in [1.82, 2.24) is 14.8 Å². The predicted octanol–water partition coefficient (Wildman–Crippen LogP) is 3.33. The summed E-state index contributed by atoms with van der Waals surface area (Å²) in [4.78, 5) is 38.5. The molecule has 2 aromatic carbocycles. The molecule has 0 spiro atoms. The first kappa shape index (κ1) is 20.9. The Bertz CT molecular complexity index is 1210. The van der Waals surface area contributed by atoms with Gasteiger partial charge in [-0.2, -0.15) is 0 Å². The van der Waals surface area contributed by atoms with Crippen LogP contribution in [0.2, 0.25) is 0 Å². The fourth-order valence-electron chi connectivity index (χ4n) is 3.40. The van der Waals surface area contributed by atoms with E-state index in [0.29, 0.717) is 11.4 Å². The molecule has 2 N–H and O–H groups in total. The highest BCUT2D eigenvalue weighted by Gasteiger charge is 2.35. The van der Waals surface area contributed by atoms with Crippen molar-refractivity contribution in [1.29, 1.82) is 0 Å². The number of hydrogen-bond donors (Lipinski definition) is 2. The van der Waals surface area contributed by atoms with Gasteiger partial charge >= 0.3 is 6.03 Å². The summed E-state index contributed by atoms with van der Waals surface area (Å²) in [7, 11) is 1.60. The van der Waals surface area contributed by atoms with Gasteiger partial charge in [-0.15, -0.1) is 0 Å². The number of carbonyl (C=O) groups excluding carboxylic acids is 3. The SMILES string of the molecule is COc1ccc(-n2cccc2C=C2NC(=O)N(CC(=O)Nc3ccccc3C)C2=O)cc1. The van der Waals surface area contributed by atoms with Gasteiger partial charge in [0.1, 0.15) is 18.0 Å². The van der Waals surface area contributed by atoms with Gasteiger partial charge in [-0.05, 0) is 61.0 Å². The quantitative estimate of drug-likeness (QED) is 0.464. The Kier molecular flexibility index (Phi) is 5.76. The molecule has 1 fully saturated rings. The van der Waals surface area contributed by atoms with E-state index in [-0.39, 0.29) is 12.2 Å². The lowest BCUT2D eigenvalue weighted by Gasteiger charge is -2.13. The zero-order chi connectivity index (χ0) is 22.7. The minimum absolute atomic E-state index is 0.104. The van der Waals surface area contributed by atoms with Crippen LogP contribution in [0, 0.1) is 6.92 Å². The van der Waals surface area contributed by atoms with Crippen molar-refractivity contribution in [3.05, 3.63) is 83.8 Å². The Hall–Kier alpha value is -4.33. The summed E-state index contributed by atoms with van der Waals surface area (Å²) >= 11 is 0. The Balaban J connectivity index is 1.50. The molecule has 0 aliphatic carbocycles. The molecule has 8 heteroatoms. The summed E-state index contributed by atoms with van der Waals surface area (Å²) in [5, 5.41) is 5.29. The molecule has 32 heavy (non-hydrogen) atoms. The summed E-state index contributed by atoms with van der Waals surface area (Å²) < 4.78 is 7.06. The van der Waals surface area contributed by atoms with E-state index in [0.717, 1.165) is 21.9 Å². The minimum atomic E-state index is -0.635. The molecule has 162 valence electrons. The molecule has 0 bridgehead atoms. The Labute approximate surface area is 185 Å². The predicted molar refractivity (Wildman–Crippen MR) is 120 cm³/mol. The number of carbonyl (C=O) groups is 3. The second kappa shape index (κ2) is 8.81. The first-order valence-electron chi connectivity index (χ1n) is 9.98. The summed E-state index contributed by atoms with van der Waals surface area (Å²) in [6.07, 6.45) is 3.44. The normalized spacial score (nSPS) is 14.6. The molecule has 8 nitrogen and oxygen atoms in total. The number of aromatic nitrogens is 1. The molecule has 1 aromatic heterocycles. The molecule has 4 rings (SSSR count). The lowest BCUT2D eigenvalue weighted by Crippen LogP contribution is -2.38. The largest absolute Gasteiger partial charge is 0.497 e. The highest BCUT2D eigenvalue weighted by Crippen LogP contribution is 2.21. The van der Waals surface area contributed by atoms with Gasteiger partial charge in [0.2, 0.25) is 5.91 Å². The lowest BCUT2D eigenvalue weighted by atomic mass is 10.2. The van der Waals surface area contributed by atoms with Crippen LogP contribution in [-0.2, 0) is 9.59 Å². The van der Waals surface area contributed by atoms with Crippen LogP contribution in [0.4, 0.5) is 10.5 Å². The Morgan fingerprint density at radius 3 is 2.53 bits per heavy atom. The van der Waals surface area contributed by atoms with Crippen LogP contribution >= 0.6 is 0 Å². The first-order chi connectivity index (χ1) is 15.5. The molecular weight excluding hydrogens is 408 g/mol. The van der Waals surface area contributed by atoms with E-state index in [1.165, 1.54) is 0 Å². The van der Waals surface area contributed by atoms with E-state index in [4.69, 9.17) is 4.74 Å². The standard InChI is InChI=1S/C24H22N4O4/c1-16-6-3-4-8-20(16)25-22(29)15-28-23(30)21(26-24(28)31)14-18-7-5-13-27(18)17-9-11-19(32-2)12-10-17/h3-14H,15H2,1-2H3,(H,25,29)(H,26,31). The van der Waals surface area contributed by atoms with E-state index in [1.807, 2.05) is 66.2 Å². The summed E-state index contributed by atoms with van der Waals surface area (Å²) in [5.41, 5.74) is 3.20. The average Bonchev–Trinajstić information content (AvgIpc) is 3.35. The van der Waals surface area contributed by atoms with E-state index >= 15 is 0 Å². The van der Waals surface area contributed by atoms with Crippen LogP contribution in [0.25, 0.3) is 11.8 Å². The van der Waals surface area contributed by atoms with Gasteiger partial charge in [-0.3, -0.25) is 9.59 Å². The number of methoxy groups -OCH3 is 1. The molecule has 2 heterocycles. The van der Waals surface area contributed by atoms with Gasteiger partial charge in [0.05, 0.1) is 7.11 Å². The number of nitrogens with zero attached hydrogens (tertiary/aromatic N) is 2. The molecule has 1 saturated heterocycles. The van der Waals surface area contributed by atoms with E-state index in [2.05, 4.69) is 10.6 Å². The number of nitrogens with one attached hydrogen (secondary N) is 2. The number of imide groups is 1. The number of benzene rings is 2. The molecular formula is C24H22N4O4. The minimum Gasteiger partial charge on any atom is -0.497 e. The third-order valence-corrected chi connectivity index (χ3v) is 5.11. The number of hydrogen-bond acceptors (Lipinski definition) is 4. The summed E-state index contributed by atoms with van der Waals surface area (Å²) in [5.74, 6) is -0.276. The van der Waals surface area contributed by atoms with Crippen LogP contribution in [-0.4, -0.2) is 41.0 Å². The first-order valence-corrected chi connectivity index (χ1v) is 9.98. The van der Waals surface area contributed by atoms with Crippen LogP contribution in [0.3, 0.4) is 0 Å². The fraction of sp³-hybridized carbons (Fsp3) is 0.125. The number of aryl methyl sites for hydroxylation is 1. The molecule has 1 aliphatic heterocycles. The number of anilines is 1. The number of para-hydroxylation sites is 1. The maximum Gasteiger partial charge on any atom is 0.329 e. The second-order valence-electron chi connectivity index (χ2n) is 7.24. The van der Waals surface area contributed by atoms with Gasteiger partial charge in [-0.25, -0.2) is 9.69 Å². The number of ether oxygens (including phenoxy) is 1. The molecule has 4 amide bonds. The molecule has 0 radical (unpaired) electrons. The second-order valence-corrected chi connectivity index (χ2v) is 7.24. The van der Waals surface area contributed by atoms with E-state index < -0.39 is 17.8 Å². The van der Waals surface area contributed by atoms with Crippen molar-refractivity contribution < 1.29 is 19.1 Å². The van der Waals surface area contributed by atoms with Crippen LogP contribution < -0.4 is 15.4 Å². The molecule has 0 saturated carbocycles. The third-order valence-electron chi connectivity index (χ3n) is 5.11. The maximum absolute atomic E-state index is 12.8. The van der Waals surface area contributed by atoms with Crippen molar-refractivity contribution >= 4 is 29.6 Å². The number of rotatable bonds is 6. The number of amides is 4. The third kappa shape index (κ3) is 4.24. The van der Waals surface area contributed by atoms with Crippen molar-refractivity contribution in [2.24, 2.45) is 0 Å². The van der Waals surface area contributed by atoms with Gasteiger partial charge in [0.25, 0.3) is 5.91 Å². The van der Waals surface area contributed by atoms with E-state index in [9.17, 15) is 14.4 Å². The average molecular weight is 430 g/mol. The van der Waals surface area contributed by atoms with Crippen LogP contribution in [0.5, 0.6) is 5.75 Å². The highest BCUT2D eigenvalue weighted by atomic mass is 16.5. The van der Waals surface area contributed by atoms with Crippen molar-refractivity contribution in [2.75, 3.05) is 19.0 Å². The lowest BCUT2D eigenvalue weighted by molar-refractivity contribution is -0.127. The molecule has 1 aliphatic rings. The van der Waals surface area contributed by atoms with Gasteiger partial charge in [0.15, 0.2) is 0 Å². The van der Waals surface area contributed by atoms with Gasteiger partial charge in [0, 0.05) is 23.3 Å². The molecule has 3 aromatic rings. The van der Waals surface area contributed by atoms with Crippen LogP contribution in [0.15, 0.2) is 72.6 Å². The van der Waals surface area contributed by atoms with Crippen molar-refractivity contribution in [3.8, 4) is 11.4 Å². The van der Waals surface area contributed by atoms with Gasteiger partial charge < -0.3 is 19.9 Å². The number of urea groups is 1. The smallest absolute Gasteiger partial charge is 0.329 e. The Morgan fingerprint density at radius 1 is 1.06 bits per heavy atom. The monoisotopic (exact) mass is 430 g/mol. The summed E-state index contributed by atoms with van der Waals surface area (Å²) in [6.45, 7) is 1.48. The van der Waals surface area contributed by atoms with Crippen molar-refractivity contribution in [2.45, 2.75) is 6.92 Å². The van der Waals surface area contributed by atoms with Gasteiger partial charge in [-0.1, -0.05) is 18.2 Å². The summed E-state index contributed by atoms with van der Waals surface area (Å²) in [6, 6.07) is 17.8. The highest BCUT2D eigenvalue weighted by molar-refractivity contribution is 6.15. The fourth-order valence-corrected chi connectivity index (χ4v) is 3.40.